The molecule has 6 nitrogen and oxygen atoms in total. The Morgan fingerprint density at radius 3 is 3.00 bits per heavy atom. The molecule has 0 bridgehead atoms. The van der Waals surface area contributed by atoms with Crippen LogP contribution in [-0.2, 0) is 0 Å². The molecule has 0 aliphatic carbocycles. The van der Waals surface area contributed by atoms with E-state index in [1.54, 1.807) is 0 Å². The van der Waals surface area contributed by atoms with Crippen molar-refractivity contribution >= 4 is 16.9 Å². The molecule has 0 fully saturated rings. The van der Waals surface area contributed by atoms with Crippen LogP contribution in [0.1, 0.15) is 5.69 Å². The highest BCUT2D eigenvalue weighted by Gasteiger charge is 2.06. The molecule has 0 amide bonds. The number of fused-ring (bicyclic) bond motifs is 1. The minimum absolute atomic E-state index is 0.208. The number of nitrogens with zero attached hydrogens (tertiary/aromatic N) is 2. The van der Waals surface area contributed by atoms with Crippen LogP contribution in [0.4, 0.5) is 5.82 Å². The van der Waals surface area contributed by atoms with E-state index in [0.717, 1.165) is 5.69 Å². The number of aromatic nitrogens is 4. The van der Waals surface area contributed by atoms with Gasteiger partial charge < -0.3 is 5.73 Å². The normalized spacial score (nSPS) is 10.8. The molecule has 0 saturated heterocycles. The summed E-state index contributed by atoms with van der Waals surface area (Å²) in [6, 6.07) is 0. The Morgan fingerprint density at radius 2 is 2.25 bits per heavy atom. The maximum Gasteiger partial charge on any atom is 0.348 e. The van der Waals surface area contributed by atoms with Crippen molar-refractivity contribution in [3.05, 3.63) is 16.2 Å². The molecule has 0 aliphatic heterocycles. The van der Waals surface area contributed by atoms with Gasteiger partial charge in [-0.15, -0.1) is 0 Å². The minimum atomic E-state index is -0.480. The van der Waals surface area contributed by atoms with Gasteiger partial charge in [-0.1, -0.05) is 0 Å². The van der Waals surface area contributed by atoms with Crippen molar-refractivity contribution in [3.8, 4) is 0 Å². The summed E-state index contributed by atoms with van der Waals surface area (Å²) in [5.74, 6) is 0.208. The van der Waals surface area contributed by atoms with Crippen LogP contribution < -0.4 is 11.4 Å². The average Bonchev–Trinajstić information content (AvgIpc) is 2.31. The molecular formula is C6H7N5O. The number of rotatable bonds is 0. The minimum Gasteiger partial charge on any atom is -0.383 e. The fourth-order valence-corrected chi connectivity index (χ4v) is 1.13. The summed E-state index contributed by atoms with van der Waals surface area (Å²) in [7, 11) is 0. The van der Waals surface area contributed by atoms with Gasteiger partial charge in [-0.2, -0.15) is 10.1 Å². The molecule has 6 heteroatoms. The zero-order valence-corrected chi connectivity index (χ0v) is 6.38. The van der Waals surface area contributed by atoms with Gasteiger partial charge in [0.2, 0.25) is 0 Å². The molecule has 0 aliphatic rings. The maximum atomic E-state index is 10.8. The summed E-state index contributed by atoms with van der Waals surface area (Å²) in [5.41, 5.74) is 6.28. The quantitative estimate of drug-likeness (QED) is 0.491. The van der Waals surface area contributed by atoms with E-state index in [-0.39, 0.29) is 5.82 Å². The molecule has 0 saturated carbocycles. The molecular weight excluding hydrogens is 158 g/mol. The molecule has 2 aromatic heterocycles. The molecule has 2 aromatic rings. The van der Waals surface area contributed by atoms with E-state index in [0.29, 0.717) is 11.0 Å². The highest BCUT2D eigenvalue weighted by Crippen LogP contribution is 2.15. The summed E-state index contributed by atoms with van der Waals surface area (Å²) >= 11 is 0. The number of hydrogen-bond acceptors (Lipinski definition) is 4. The molecule has 2 heterocycles. The fraction of sp³-hybridized carbons (Fsp3) is 0.167. The molecule has 0 radical (unpaired) electrons. The van der Waals surface area contributed by atoms with Gasteiger partial charge in [0.05, 0.1) is 5.39 Å². The van der Waals surface area contributed by atoms with Gasteiger partial charge in [-0.05, 0) is 6.92 Å². The van der Waals surface area contributed by atoms with Crippen LogP contribution in [0, 0.1) is 6.92 Å². The molecule has 0 atom stereocenters. The van der Waals surface area contributed by atoms with Gasteiger partial charge in [0, 0.05) is 5.69 Å². The average molecular weight is 165 g/mol. The SMILES string of the molecule is Cc1[nH]nc2[nH]c(=O)nc(N)c12. The van der Waals surface area contributed by atoms with E-state index >= 15 is 0 Å². The van der Waals surface area contributed by atoms with Crippen LogP contribution in [-0.4, -0.2) is 20.2 Å². The lowest BCUT2D eigenvalue weighted by atomic mass is 10.3. The zero-order valence-electron chi connectivity index (χ0n) is 6.38. The van der Waals surface area contributed by atoms with Gasteiger partial charge >= 0.3 is 5.69 Å². The van der Waals surface area contributed by atoms with Crippen molar-refractivity contribution in [2.75, 3.05) is 5.73 Å². The van der Waals surface area contributed by atoms with Gasteiger partial charge in [-0.25, -0.2) is 4.79 Å². The topological polar surface area (TPSA) is 100 Å². The Kier molecular flexibility index (Phi) is 1.18. The molecule has 12 heavy (non-hydrogen) atoms. The number of aromatic amines is 2. The monoisotopic (exact) mass is 165 g/mol. The Balaban J connectivity index is 3.02. The Bertz CT molecular complexity index is 482. The molecule has 62 valence electrons. The lowest BCUT2D eigenvalue weighted by Crippen LogP contribution is -2.12. The largest absolute Gasteiger partial charge is 0.383 e. The number of nitrogen functional groups attached to an aromatic ring is 1. The first-order chi connectivity index (χ1) is 5.68. The number of nitrogens with one attached hydrogen (secondary N) is 2. The van der Waals surface area contributed by atoms with Crippen LogP contribution in [0.25, 0.3) is 11.0 Å². The van der Waals surface area contributed by atoms with E-state index in [1.807, 2.05) is 6.92 Å². The Hall–Kier alpha value is -1.85. The van der Waals surface area contributed by atoms with Crippen molar-refractivity contribution in [2.24, 2.45) is 0 Å². The van der Waals surface area contributed by atoms with Crippen molar-refractivity contribution in [3.63, 3.8) is 0 Å². The lowest BCUT2D eigenvalue weighted by Gasteiger charge is -1.92. The maximum absolute atomic E-state index is 10.8. The number of anilines is 1. The van der Waals surface area contributed by atoms with Crippen LogP contribution >= 0.6 is 0 Å². The molecule has 0 unspecified atom stereocenters. The second-order valence-corrected chi connectivity index (χ2v) is 2.50. The highest BCUT2D eigenvalue weighted by molar-refractivity contribution is 5.87. The van der Waals surface area contributed by atoms with Gasteiger partial charge in [-0.3, -0.25) is 10.1 Å². The third kappa shape index (κ3) is 0.777. The van der Waals surface area contributed by atoms with E-state index in [4.69, 9.17) is 5.73 Å². The first-order valence-corrected chi connectivity index (χ1v) is 3.39. The highest BCUT2D eigenvalue weighted by atomic mass is 16.1. The summed E-state index contributed by atoms with van der Waals surface area (Å²) < 4.78 is 0. The van der Waals surface area contributed by atoms with E-state index in [2.05, 4.69) is 20.2 Å². The van der Waals surface area contributed by atoms with Gasteiger partial charge in [0.25, 0.3) is 0 Å². The van der Waals surface area contributed by atoms with Crippen molar-refractivity contribution in [1.82, 2.24) is 20.2 Å². The number of nitrogens with two attached hydrogens (primary N) is 1. The fourth-order valence-electron chi connectivity index (χ4n) is 1.13. The van der Waals surface area contributed by atoms with Gasteiger partial charge in [0.1, 0.15) is 5.82 Å². The molecule has 0 aromatic carbocycles. The summed E-state index contributed by atoms with van der Waals surface area (Å²) in [6.45, 7) is 1.81. The van der Waals surface area contributed by atoms with Crippen molar-refractivity contribution in [1.29, 1.82) is 0 Å². The van der Waals surface area contributed by atoms with Crippen LogP contribution in [0.15, 0.2) is 4.79 Å². The van der Waals surface area contributed by atoms with Crippen molar-refractivity contribution < 1.29 is 0 Å². The van der Waals surface area contributed by atoms with Crippen molar-refractivity contribution in [2.45, 2.75) is 6.92 Å². The molecule has 0 spiro atoms. The van der Waals surface area contributed by atoms with Gasteiger partial charge in [0.15, 0.2) is 5.65 Å². The predicted octanol–water partition coefficient (Wildman–Crippen LogP) is -0.463. The Labute approximate surface area is 66.8 Å². The first kappa shape index (κ1) is 6.84. The smallest absolute Gasteiger partial charge is 0.348 e. The molecule has 4 N–H and O–H groups in total. The Morgan fingerprint density at radius 1 is 1.50 bits per heavy atom. The lowest BCUT2D eigenvalue weighted by molar-refractivity contribution is 1.04. The van der Waals surface area contributed by atoms with E-state index in [9.17, 15) is 4.79 Å². The summed E-state index contributed by atoms with van der Waals surface area (Å²) in [6.07, 6.45) is 0. The first-order valence-electron chi connectivity index (χ1n) is 3.39. The van der Waals surface area contributed by atoms with E-state index < -0.39 is 5.69 Å². The predicted molar refractivity (Wildman–Crippen MR) is 43.7 cm³/mol. The zero-order chi connectivity index (χ0) is 8.72. The third-order valence-corrected chi connectivity index (χ3v) is 1.65. The molecule has 2 rings (SSSR count). The summed E-state index contributed by atoms with van der Waals surface area (Å²) in [4.78, 5) is 16.8. The second-order valence-electron chi connectivity index (χ2n) is 2.50. The third-order valence-electron chi connectivity index (χ3n) is 1.65. The number of hydrogen-bond donors (Lipinski definition) is 3. The van der Waals surface area contributed by atoms with E-state index in [1.165, 1.54) is 0 Å². The standard InChI is InChI=1S/C6H7N5O/c1-2-3-4(7)8-6(12)9-5(3)11-10-2/h1H3,(H4,7,8,9,10,11,12). The van der Waals surface area contributed by atoms with Crippen LogP contribution in [0.3, 0.4) is 0 Å². The van der Waals surface area contributed by atoms with Crippen LogP contribution in [0.5, 0.6) is 0 Å². The summed E-state index contributed by atoms with van der Waals surface area (Å²) in [5, 5.41) is 7.22. The number of aryl methyl sites for hydroxylation is 1. The second kappa shape index (κ2) is 2.07. The number of H-pyrrole nitrogens is 2. The van der Waals surface area contributed by atoms with Crippen LogP contribution in [0.2, 0.25) is 0 Å².